The van der Waals surface area contributed by atoms with Gasteiger partial charge in [0, 0.05) is 17.6 Å². The van der Waals surface area contributed by atoms with E-state index in [0.717, 1.165) is 0 Å². The third kappa shape index (κ3) is 4.47. The number of rotatable bonds is 5. The van der Waals surface area contributed by atoms with E-state index in [1.165, 1.54) is 19.4 Å². The van der Waals surface area contributed by atoms with E-state index in [1.807, 2.05) is 0 Å². The van der Waals surface area contributed by atoms with E-state index in [1.54, 1.807) is 48.5 Å². The molecule has 0 radical (unpaired) electrons. The second-order valence-electron chi connectivity index (χ2n) is 5.61. The van der Waals surface area contributed by atoms with Gasteiger partial charge in [-0.3, -0.25) is 4.79 Å². The van der Waals surface area contributed by atoms with Crippen molar-refractivity contribution < 1.29 is 14.3 Å². The molecule has 28 heavy (non-hydrogen) atoms. The molecule has 3 aromatic rings. The molecule has 1 amide bonds. The highest BCUT2D eigenvalue weighted by Gasteiger charge is 2.11. The van der Waals surface area contributed by atoms with E-state index in [2.05, 4.69) is 31.4 Å². The number of ether oxygens (including phenoxy) is 1. The van der Waals surface area contributed by atoms with Crippen molar-refractivity contribution in [2.24, 2.45) is 0 Å². The Morgan fingerprint density at radius 2 is 1.86 bits per heavy atom. The Morgan fingerprint density at radius 3 is 2.57 bits per heavy atom. The molecule has 0 saturated carbocycles. The van der Waals surface area contributed by atoms with Crippen molar-refractivity contribution in [2.45, 2.75) is 0 Å². The number of nitrogens with zero attached hydrogens (tertiary/aromatic N) is 3. The Morgan fingerprint density at radius 1 is 1.07 bits per heavy atom. The number of anilines is 3. The average molecular weight is 373 g/mol. The molecule has 2 aromatic carbocycles. The lowest BCUT2D eigenvalue weighted by molar-refractivity contribution is 0.0600. The van der Waals surface area contributed by atoms with E-state index < -0.39 is 11.9 Å². The molecule has 0 aliphatic carbocycles. The summed E-state index contributed by atoms with van der Waals surface area (Å²) < 4.78 is 4.64. The molecule has 0 fully saturated rings. The van der Waals surface area contributed by atoms with Crippen LogP contribution in [-0.4, -0.2) is 29.0 Å². The zero-order valence-electron chi connectivity index (χ0n) is 14.8. The molecule has 0 bridgehead atoms. The summed E-state index contributed by atoms with van der Waals surface area (Å²) in [6, 6.07) is 16.7. The number of methoxy groups -OCH3 is 1. The van der Waals surface area contributed by atoms with Crippen molar-refractivity contribution in [2.75, 3.05) is 17.7 Å². The number of amides is 1. The van der Waals surface area contributed by atoms with E-state index in [4.69, 9.17) is 5.26 Å². The maximum absolute atomic E-state index is 12.4. The van der Waals surface area contributed by atoms with Crippen LogP contribution in [-0.2, 0) is 4.74 Å². The largest absolute Gasteiger partial charge is 0.465 e. The number of esters is 1. The van der Waals surface area contributed by atoms with E-state index in [-0.39, 0.29) is 11.6 Å². The number of aromatic nitrogens is 2. The SMILES string of the molecule is COC(=O)c1ccc(NC(=O)c2ccnc(Nc3cccc(C#N)c3)n2)cc1. The molecular weight excluding hydrogens is 358 g/mol. The summed E-state index contributed by atoms with van der Waals surface area (Å²) in [4.78, 5) is 32.1. The summed E-state index contributed by atoms with van der Waals surface area (Å²) >= 11 is 0. The Hall–Kier alpha value is -4.25. The van der Waals surface area contributed by atoms with Crippen molar-refractivity contribution in [1.82, 2.24) is 9.97 Å². The fourth-order valence-electron chi connectivity index (χ4n) is 2.34. The number of nitrogens with one attached hydrogen (secondary N) is 2. The van der Waals surface area contributed by atoms with Gasteiger partial charge >= 0.3 is 5.97 Å². The second kappa shape index (κ2) is 8.42. The van der Waals surface area contributed by atoms with Crippen LogP contribution in [0.25, 0.3) is 0 Å². The number of hydrogen-bond acceptors (Lipinski definition) is 7. The topological polar surface area (TPSA) is 117 Å². The maximum atomic E-state index is 12.4. The highest BCUT2D eigenvalue weighted by molar-refractivity contribution is 6.03. The standard InChI is InChI=1S/C20H15N5O3/c1-28-19(27)14-5-7-15(8-6-14)23-18(26)17-9-10-22-20(25-17)24-16-4-2-3-13(11-16)12-21/h2-11H,1H3,(H,23,26)(H,22,24,25). The molecule has 1 heterocycles. The predicted octanol–water partition coefficient (Wildman–Crippen LogP) is 3.13. The minimum absolute atomic E-state index is 0.158. The zero-order chi connectivity index (χ0) is 19.9. The predicted molar refractivity (Wildman–Crippen MR) is 102 cm³/mol. The lowest BCUT2D eigenvalue weighted by atomic mass is 10.2. The van der Waals surface area contributed by atoms with Crippen LogP contribution in [0.1, 0.15) is 26.4 Å². The van der Waals surface area contributed by atoms with Crippen molar-refractivity contribution in [3.05, 3.63) is 77.6 Å². The number of benzene rings is 2. The zero-order valence-corrected chi connectivity index (χ0v) is 14.8. The van der Waals surface area contributed by atoms with E-state index in [0.29, 0.717) is 22.5 Å². The Labute approximate surface area is 160 Å². The molecule has 0 aliphatic heterocycles. The third-order valence-electron chi connectivity index (χ3n) is 3.70. The van der Waals surface area contributed by atoms with Crippen LogP contribution in [0.3, 0.4) is 0 Å². The summed E-state index contributed by atoms with van der Waals surface area (Å²) in [6.07, 6.45) is 1.46. The molecule has 0 saturated heterocycles. The Bertz CT molecular complexity index is 1060. The van der Waals surface area contributed by atoms with Crippen LogP contribution >= 0.6 is 0 Å². The van der Waals surface area contributed by atoms with Gasteiger partial charge in [-0.25, -0.2) is 14.8 Å². The molecule has 0 atom stereocenters. The minimum Gasteiger partial charge on any atom is -0.465 e. The highest BCUT2D eigenvalue weighted by Crippen LogP contribution is 2.15. The summed E-state index contributed by atoms with van der Waals surface area (Å²) in [6.45, 7) is 0. The van der Waals surface area contributed by atoms with Crippen molar-refractivity contribution >= 4 is 29.2 Å². The number of carbonyl (C=O) groups is 2. The first-order chi connectivity index (χ1) is 13.6. The molecule has 0 aliphatic rings. The van der Waals surface area contributed by atoms with Gasteiger partial charge in [0.05, 0.1) is 24.3 Å². The summed E-state index contributed by atoms with van der Waals surface area (Å²) in [5.74, 6) is -0.657. The van der Waals surface area contributed by atoms with Crippen LogP contribution in [0.4, 0.5) is 17.3 Å². The van der Waals surface area contributed by atoms with Crippen LogP contribution in [0.15, 0.2) is 60.8 Å². The van der Waals surface area contributed by atoms with Gasteiger partial charge < -0.3 is 15.4 Å². The minimum atomic E-state index is -0.454. The lowest BCUT2D eigenvalue weighted by Gasteiger charge is -2.08. The van der Waals surface area contributed by atoms with E-state index >= 15 is 0 Å². The summed E-state index contributed by atoms with van der Waals surface area (Å²) in [7, 11) is 1.30. The molecule has 3 rings (SSSR count). The van der Waals surface area contributed by atoms with Gasteiger partial charge in [0.1, 0.15) is 5.69 Å². The normalized spacial score (nSPS) is 9.86. The van der Waals surface area contributed by atoms with Gasteiger partial charge in [-0.05, 0) is 48.5 Å². The summed E-state index contributed by atoms with van der Waals surface area (Å²) in [5.41, 5.74) is 2.18. The molecule has 2 N–H and O–H groups in total. The number of nitriles is 1. The van der Waals surface area contributed by atoms with Crippen molar-refractivity contribution in [3.8, 4) is 6.07 Å². The van der Waals surface area contributed by atoms with Gasteiger partial charge in [0.25, 0.3) is 5.91 Å². The first-order valence-electron chi connectivity index (χ1n) is 8.19. The Kier molecular flexibility index (Phi) is 5.58. The Balaban J connectivity index is 1.71. The van der Waals surface area contributed by atoms with Crippen LogP contribution in [0, 0.1) is 11.3 Å². The van der Waals surface area contributed by atoms with Gasteiger partial charge in [-0.15, -0.1) is 0 Å². The van der Waals surface area contributed by atoms with Crippen LogP contribution < -0.4 is 10.6 Å². The molecule has 8 heteroatoms. The van der Waals surface area contributed by atoms with Gasteiger partial charge in [-0.1, -0.05) is 6.07 Å². The molecule has 0 unspecified atom stereocenters. The van der Waals surface area contributed by atoms with Gasteiger partial charge in [0.2, 0.25) is 5.95 Å². The maximum Gasteiger partial charge on any atom is 0.337 e. The fraction of sp³-hybridized carbons (Fsp3) is 0.0500. The second-order valence-corrected chi connectivity index (χ2v) is 5.61. The van der Waals surface area contributed by atoms with Gasteiger partial charge in [-0.2, -0.15) is 5.26 Å². The molecular formula is C20H15N5O3. The molecule has 1 aromatic heterocycles. The van der Waals surface area contributed by atoms with Crippen molar-refractivity contribution in [3.63, 3.8) is 0 Å². The first kappa shape index (κ1) is 18.5. The quantitative estimate of drug-likeness (QED) is 0.660. The van der Waals surface area contributed by atoms with Crippen LogP contribution in [0.2, 0.25) is 0 Å². The lowest BCUT2D eigenvalue weighted by Crippen LogP contribution is -2.15. The third-order valence-corrected chi connectivity index (χ3v) is 3.70. The number of carbonyl (C=O) groups excluding carboxylic acids is 2. The fourth-order valence-corrected chi connectivity index (χ4v) is 2.34. The molecule has 8 nitrogen and oxygen atoms in total. The highest BCUT2D eigenvalue weighted by atomic mass is 16.5. The number of hydrogen-bond donors (Lipinski definition) is 2. The monoisotopic (exact) mass is 373 g/mol. The van der Waals surface area contributed by atoms with E-state index in [9.17, 15) is 9.59 Å². The molecule has 138 valence electrons. The smallest absolute Gasteiger partial charge is 0.337 e. The van der Waals surface area contributed by atoms with Crippen molar-refractivity contribution in [1.29, 1.82) is 5.26 Å². The first-order valence-corrected chi connectivity index (χ1v) is 8.19. The molecule has 0 spiro atoms. The average Bonchev–Trinajstić information content (AvgIpc) is 2.74. The summed E-state index contributed by atoms with van der Waals surface area (Å²) in [5, 5.41) is 14.6. The van der Waals surface area contributed by atoms with Crippen LogP contribution in [0.5, 0.6) is 0 Å². The van der Waals surface area contributed by atoms with Gasteiger partial charge in [0.15, 0.2) is 0 Å².